The topological polar surface area (TPSA) is 78.1 Å². The van der Waals surface area contributed by atoms with E-state index < -0.39 is 5.41 Å². The van der Waals surface area contributed by atoms with Crippen molar-refractivity contribution in [3.63, 3.8) is 0 Å². The molecule has 0 spiro atoms. The van der Waals surface area contributed by atoms with E-state index in [2.05, 4.69) is 10.6 Å². The molecule has 2 rings (SSSR count). The Labute approximate surface area is 161 Å². The number of hydrogen-bond acceptors (Lipinski definition) is 6. The molecule has 0 atom stereocenters. The predicted octanol–water partition coefficient (Wildman–Crippen LogP) is 1.77. The summed E-state index contributed by atoms with van der Waals surface area (Å²) in [6.07, 6.45) is 1.53. The third kappa shape index (κ3) is 4.93. The number of rotatable bonds is 8. The number of hydrogen-bond donors (Lipinski definition) is 2. The molecule has 148 valence electrons. The summed E-state index contributed by atoms with van der Waals surface area (Å²) in [6, 6.07) is 3.68. The monoisotopic (exact) mass is 388 g/mol. The summed E-state index contributed by atoms with van der Waals surface area (Å²) in [5, 5.41) is 6.32. The van der Waals surface area contributed by atoms with Crippen molar-refractivity contribution in [2.75, 3.05) is 48.1 Å². The average molecular weight is 389 g/mol. The molecule has 0 aromatic heterocycles. The molecule has 1 aliphatic rings. The Morgan fingerprint density at radius 2 is 1.65 bits per heavy atom. The van der Waals surface area contributed by atoms with Gasteiger partial charge in [0.1, 0.15) is 0 Å². The Kier molecular flexibility index (Phi) is 8.98. The molecule has 0 saturated carbocycles. The molecule has 0 unspecified atom stereocenters. The summed E-state index contributed by atoms with van der Waals surface area (Å²) >= 11 is 0. The van der Waals surface area contributed by atoms with Crippen LogP contribution in [0.25, 0.3) is 0 Å². The fraction of sp³-hybridized carbons (Fsp3) is 0.611. The zero-order valence-corrected chi connectivity index (χ0v) is 16.7. The first-order valence-electron chi connectivity index (χ1n) is 8.37. The van der Waals surface area contributed by atoms with Crippen LogP contribution in [-0.2, 0) is 16.1 Å². The number of methoxy groups -OCH3 is 4. The Hall–Kier alpha value is -1.70. The number of halogens is 1. The van der Waals surface area contributed by atoms with Crippen molar-refractivity contribution >= 4 is 18.3 Å². The average Bonchev–Trinajstić information content (AvgIpc) is 2.65. The van der Waals surface area contributed by atoms with Crippen molar-refractivity contribution in [3.8, 4) is 17.2 Å². The highest BCUT2D eigenvalue weighted by molar-refractivity contribution is 5.85. The molecule has 0 aliphatic carbocycles. The first kappa shape index (κ1) is 22.3. The number of ether oxygens (including phenoxy) is 4. The van der Waals surface area contributed by atoms with E-state index >= 15 is 0 Å². The van der Waals surface area contributed by atoms with Gasteiger partial charge in [0.25, 0.3) is 0 Å². The van der Waals surface area contributed by atoms with E-state index in [-0.39, 0.29) is 18.3 Å². The minimum atomic E-state index is -0.472. The van der Waals surface area contributed by atoms with E-state index in [1.54, 1.807) is 28.4 Å². The van der Waals surface area contributed by atoms with Gasteiger partial charge in [-0.2, -0.15) is 0 Å². The third-order valence-corrected chi connectivity index (χ3v) is 4.64. The fourth-order valence-electron chi connectivity index (χ4n) is 3.23. The number of carbonyl (C=O) groups is 1. The summed E-state index contributed by atoms with van der Waals surface area (Å²) in [4.78, 5) is 12.8. The van der Waals surface area contributed by atoms with Gasteiger partial charge in [-0.3, -0.25) is 4.79 Å². The zero-order valence-electron chi connectivity index (χ0n) is 15.8. The molecule has 26 heavy (non-hydrogen) atoms. The minimum absolute atomic E-state index is 0. The molecule has 1 saturated heterocycles. The molecule has 2 N–H and O–H groups in total. The van der Waals surface area contributed by atoms with Crippen LogP contribution in [-0.4, -0.2) is 54.0 Å². The molecule has 0 radical (unpaired) electrons. The molecular weight excluding hydrogens is 360 g/mol. The number of piperidine rings is 1. The lowest BCUT2D eigenvalue weighted by Gasteiger charge is -2.35. The highest BCUT2D eigenvalue weighted by Gasteiger charge is 2.39. The van der Waals surface area contributed by atoms with Gasteiger partial charge >= 0.3 is 0 Å². The van der Waals surface area contributed by atoms with Gasteiger partial charge in [0, 0.05) is 13.7 Å². The van der Waals surface area contributed by atoms with E-state index in [1.165, 1.54) is 0 Å². The Bertz CT molecular complexity index is 560. The molecule has 1 fully saturated rings. The Balaban J connectivity index is 0.00000338. The van der Waals surface area contributed by atoms with Gasteiger partial charge in [0.15, 0.2) is 11.5 Å². The van der Waals surface area contributed by atoms with E-state index in [0.29, 0.717) is 30.4 Å². The lowest BCUT2D eigenvalue weighted by atomic mass is 9.78. The van der Waals surface area contributed by atoms with E-state index in [4.69, 9.17) is 18.9 Å². The first-order valence-corrected chi connectivity index (χ1v) is 8.37. The van der Waals surface area contributed by atoms with Crippen molar-refractivity contribution in [3.05, 3.63) is 17.7 Å². The maximum absolute atomic E-state index is 12.8. The Morgan fingerprint density at radius 3 is 2.12 bits per heavy atom. The quantitative estimate of drug-likeness (QED) is 0.706. The predicted molar refractivity (Wildman–Crippen MR) is 102 cm³/mol. The number of amides is 1. The van der Waals surface area contributed by atoms with E-state index in [0.717, 1.165) is 31.5 Å². The smallest absolute Gasteiger partial charge is 0.228 e. The molecule has 0 bridgehead atoms. The molecule has 8 heteroatoms. The zero-order chi connectivity index (χ0) is 18.3. The Morgan fingerprint density at radius 1 is 1.08 bits per heavy atom. The number of benzene rings is 1. The SMILES string of the molecule is COCC1(C(=O)NCc2cc(OC)c(OC)c(OC)c2)CCNCC1.Cl. The van der Waals surface area contributed by atoms with Crippen LogP contribution in [0.15, 0.2) is 12.1 Å². The normalized spacial score (nSPS) is 15.5. The van der Waals surface area contributed by atoms with Crippen LogP contribution in [0.2, 0.25) is 0 Å². The maximum Gasteiger partial charge on any atom is 0.228 e. The summed E-state index contributed by atoms with van der Waals surface area (Å²) in [5.41, 5.74) is 0.407. The van der Waals surface area contributed by atoms with Gasteiger partial charge in [0.05, 0.1) is 33.4 Å². The van der Waals surface area contributed by atoms with Crippen molar-refractivity contribution in [2.45, 2.75) is 19.4 Å². The summed E-state index contributed by atoms with van der Waals surface area (Å²) in [6.45, 7) is 2.45. The van der Waals surface area contributed by atoms with Gasteiger partial charge in [-0.05, 0) is 43.6 Å². The number of carbonyl (C=O) groups excluding carboxylic acids is 1. The van der Waals surface area contributed by atoms with Gasteiger partial charge in [-0.25, -0.2) is 0 Å². The van der Waals surface area contributed by atoms with Crippen LogP contribution in [0.3, 0.4) is 0 Å². The molecule has 1 aliphatic heterocycles. The van der Waals surface area contributed by atoms with Gasteiger partial charge < -0.3 is 29.6 Å². The van der Waals surface area contributed by atoms with Crippen LogP contribution in [0, 0.1) is 5.41 Å². The number of nitrogens with one attached hydrogen (secondary N) is 2. The third-order valence-electron chi connectivity index (χ3n) is 4.64. The second-order valence-corrected chi connectivity index (χ2v) is 6.18. The van der Waals surface area contributed by atoms with Gasteiger partial charge in [-0.1, -0.05) is 0 Å². The van der Waals surface area contributed by atoms with E-state index in [1.807, 2.05) is 12.1 Å². The summed E-state index contributed by atoms with van der Waals surface area (Å²) in [5.74, 6) is 1.69. The molecule has 7 nitrogen and oxygen atoms in total. The largest absolute Gasteiger partial charge is 0.493 e. The maximum atomic E-state index is 12.8. The van der Waals surface area contributed by atoms with Crippen LogP contribution in [0.4, 0.5) is 0 Å². The van der Waals surface area contributed by atoms with Crippen molar-refractivity contribution < 1.29 is 23.7 Å². The fourth-order valence-corrected chi connectivity index (χ4v) is 3.23. The molecule has 1 aromatic carbocycles. The minimum Gasteiger partial charge on any atom is -0.493 e. The van der Waals surface area contributed by atoms with E-state index in [9.17, 15) is 4.79 Å². The second kappa shape index (κ2) is 10.4. The molecule has 1 heterocycles. The lowest BCUT2D eigenvalue weighted by Crippen LogP contribution is -2.49. The van der Waals surface area contributed by atoms with Crippen molar-refractivity contribution in [1.29, 1.82) is 0 Å². The van der Waals surface area contributed by atoms with Crippen LogP contribution >= 0.6 is 12.4 Å². The molecule has 1 amide bonds. The summed E-state index contributed by atoms with van der Waals surface area (Å²) in [7, 11) is 6.34. The van der Waals surface area contributed by atoms with Crippen LogP contribution in [0.5, 0.6) is 17.2 Å². The van der Waals surface area contributed by atoms with Crippen molar-refractivity contribution in [2.24, 2.45) is 5.41 Å². The lowest BCUT2D eigenvalue weighted by molar-refractivity contribution is -0.136. The van der Waals surface area contributed by atoms with Crippen molar-refractivity contribution in [1.82, 2.24) is 10.6 Å². The van der Waals surface area contributed by atoms with Crippen LogP contribution in [0.1, 0.15) is 18.4 Å². The summed E-state index contributed by atoms with van der Waals surface area (Å²) < 4.78 is 21.3. The molecular formula is C18H29ClN2O5. The first-order chi connectivity index (χ1) is 12.1. The second-order valence-electron chi connectivity index (χ2n) is 6.18. The highest BCUT2D eigenvalue weighted by Crippen LogP contribution is 2.38. The van der Waals surface area contributed by atoms with Gasteiger partial charge in [0.2, 0.25) is 11.7 Å². The van der Waals surface area contributed by atoms with Crippen LogP contribution < -0.4 is 24.8 Å². The molecule has 1 aromatic rings. The standard InChI is InChI=1S/C18H28N2O5.ClH/c1-22-12-18(5-7-19-8-6-18)17(21)20-11-13-9-14(23-2)16(25-4)15(10-13)24-3;/h9-10,19H,5-8,11-12H2,1-4H3,(H,20,21);1H. The highest BCUT2D eigenvalue weighted by atomic mass is 35.5. The van der Waals surface area contributed by atoms with Gasteiger partial charge in [-0.15, -0.1) is 12.4 Å².